The molecule has 0 aromatic carbocycles. The Balaban J connectivity index is -0.000000739. The van der Waals surface area contributed by atoms with Crippen molar-refractivity contribution in [1.29, 1.82) is 0 Å². The first-order chi connectivity index (χ1) is 17.7. The molecule has 40 heavy (non-hydrogen) atoms. The second-order valence-electron chi connectivity index (χ2n) is 11.9. The molecule has 0 spiro atoms. The summed E-state index contributed by atoms with van der Waals surface area (Å²) in [5.41, 5.74) is -1.22. The average molecular weight is 578 g/mol. The van der Waals surface area contributed by atoms with Crippen LogP contribution in [0.2, 0.25) is 0 Å². The number of aldehydes is 1. The summed E-state index contributed by atoms with van der Waals surface area (Å²) in [5, 5.41) is 17.5. The fraction of sp³-hybridized carbons (Fsp3) is 0.821. The molecule has 0 rings (SSSR count). The number of carbonyl (C=O) groups excluding carboxylic acids is 5. The highest BCUT2D eigenvalue weighted by Gasteiger charge is 2.30. The Morgan fingerprint density at radius 3 is 1.65 bits per heavy atom. The summed E-state index contributed by atoms with van der Waals surface area (Å²) in [4.78, 5) is 57.1. The van der Waals surface area contributed by atoms with Gasteiger partial charge in [-0.2, -0.15) is 0 Å². The highest BCUT2D eigenvalue weighted by molar-refractivity contribution is 5.85. The smallest absolute Gasteiger partial charge is 0.408 e. The van der Waals surface area contributed by atoms with Gasteiger partial charge in [0.2, 0.25) is 0 Å². The Kier molecular flexibility index (Phi) is 20.9. The molecule has 4 N–H and O–H groups in total. The number of ether oxygens (including phenoxy) is 3. The first-order valence-electron chi connectivity index (χ1n) is 13.3. The number of aliphatic hydroxyl groups is 1. The molecular weight excluding hydrogens is 522 g/mol. The van der Waals surface area contributed by atoms with Gasteiger partial charge in [-0.1, -0.05) is 35.1 Å². The van der Waals surface area contributed by atoms with E-state index in [0.29, 0.717) is 18.8 Å². The van der Waals surface area contributed by atoms with Crippen LogP contribution in [0.4, 0.5) is 9.59 Å². The molecule has 0 radical (unpaired) electrons. The van der Waals surface area contributed by atoms with Crippen molar-refractivity contribution in [3.63, 3.8) is 0 Å². The van der Waals surface area contributed by atoms with E-state index in [1.54, 1.807) is 48.5 Å². The molecule has 0 aliphatic rings. The normalized spacial score (nSPS) is 13.3. The molecule has 0 saturated heterocycles. The van der Waals surface area contributed by atoms with Gasteiger partial charge in [-0.15, -0.1) is 0 Å². The van der Waals surface area contributed by atoms with Crippen molar-refractivity contribution in [2.75, 3.05) is 13.2 Å². The summed E-state index contributed by atoms with van der Waals surface area (Å²) in [7, 11) is 0. The van der Waals surface area contributed by atoms with Gasteiger partial charge in [0.15, 0.2) is 6.10 Å². The summed E-state index contributed by atoms with van der Waals surface area (Å²) in [6.07, 6.45) is -1.03. The van der Waals surface area contributed by atoms with Crippen LogP contribution in [0.1, 0.15) is 96.4 Å². The summed E-state index contributed by atoms with van der Waals surface area (Å²) < 4.78 is 14.9. The third-order valence-corrected chi connectivity index (χ3v) is 4.38. The lowest BCUT2D eigenvalue weighted by Crippen LogP contribution is -2.52. The Hall–Kier alpha value is -2.89. The second-order valence-corrected chi connectivity index (χ2v) is 11.9. The molecule has 0 aliphatic heterocycles. The Morgan fingerprint density at radius 2 is 1.27 bits per heavy atom. The Morgan fingerprint density at radius 1 is 0.825 bits per heavy atom. The van der Waals surface area contributed by atoms with E-state index < -0.39 is 53.5 Å². The van der Waals surface area contributed by atoms with Gasteiger partial charge in [0, 0.05) is 0 Å². The van der Waals surface area contributed by atoms with E-state index >= 15 is 0 Å². The SMILES string of the molecule is C.CC(C)CC(C=O)NC(=O)OC(C)(C)C.CCOC(=O)CNC(=O)C(O)C(CC(C)C)NC(=O)OC(C)(C)C. The molecule has 3 amide bonds. The van der Waals surface area contributed by atoms with Gasteiger partial charge in [0.1, 0.15) is 24.0 Å². The molecule has 0 saturated carbocycles. The van der Waals surface area contributed by atoms with Crippen LogP contribution in [0.5, 0.6) is 0 Å². The molecule has 0 heterocycles. The zero-order chi connectivity index (χ0) is 31.0. The number of amides is 3. The van der Waals surface area contributed by atoms with Crippen molar-refractivity contribution in [3.05, 3.63) is 0 Å². The third kappa shape index (κ3) is 24.2. The highest BCUT2D eigenvalue weighted by Crippen LogP contribution is 2.12. The van der Waals surface area contributed by atoms with Crippen LogP contribution in [0.3, 0.4) is 0 Å². The van der Waals surface area contributed by atoms with Crippen LogP contribution in [0, 0.1) is 11.8 Å². The van der Waals surface area contributed by atoms with Crippen molar-refractivity contribution in [1.82, 2.24) is 16.0 Å². The lowest BCUT2D eigenvalue weighted by Gasteiger charge is -2.27. The number of carbonyl (C=O) groups is 5. The van der Waals surface area contributed by atoms with Gasteiger partial charge in [-0.3, -0.25) is 9.59 Å². The van der Waals surface area contributed by atoms with Crippen LogP contribution < -0.4 is 16.0 Å². The minimum atomic E-state index is -1.51. The van der Waals surface area contributed by atoms with Gasteiger partial charge in [0.25, 0.3) is 5.91 Å². The maximum absolute atomic E-state index is 12.0. The van der Waals surface area contributed by atoms with E-state index in [4.69, 9.17) is 14.2 Å². The van der Waals surface area contributed by atoms with E-state index in [1.807, 2.05) is 27.7 Å². The van der Waals surface area contributed by atoms with Gasteiger partial charge in [-0.05, 0) is 73.1 Å². The Bertz CT molecular complexity index is 772. The van der Waals surface area contributed by atoms with Crippen molar-refractivity contribution < 1.29 is 43.3 Å². The Labute approximate surface area is 240 Å². The van der Waals surface area contributed by atoms with E-state index in [1.165, 1.54) is 0 Å². The van der Waals surface area contributed by atoms with Crippen LogP contribution in [-0.2, 0) is 28.6 Å². The first kappa shape index (κ1) is 41.6. The van der Waals surface area contributed by atoms with E-state index in [9.17, 15) is 29.1 Å². The fourth-order valence-corrected chi connectivity index (χ4v) is 3.01. The molecule has 3 atom stereocenters. The molecule has 0 fully saturated rings. The number of esters is 1. The van der Waals surface area contributed by atoms with Gasteiger partial charge < -0.3 is 40.1 Å². The maximum Gasteiger partial charge on any atom is 0.408 e. The maximum atomic E-state index is 12.0. The summed E-state index contributed by atoms with van der Waals surface area (Å²) in [6, 6.07) is -1.29. The molecule has 0 aromatic heterocycles. The molecule has 0 aliphatic carbocycles. The molecule has 3 unspecified atom stereocenters. The summed E-state index contributed by atoms with van der Waals surface area (Å²) in [5.74, 6) is -0.879. The number of aliphatic hydroxyl groups excluding tert-OH is 1. The molecular formula is C28H55N3O9. The van der Waals surface area contributed by atoms with Crippen LogP contribution in [0.15, 0.2) is 0 Å². The van der Waals surface area contributed by atoms with Gasteiger partial charge >= 0.3 is 18.2 Å². The van der Waals surface area contributed by atoms with Crippen molar-refractivity contribution in [2.24, 2.45) is 11.8 Å². The largest absolute Gasteiger partial charge is 0.465 e. The highest BCUT2D eigenvalue weighted by atomic mass is 16.6. The lowest BCUT2D eigenvalue weighted by atomic mass is 9.98. The predicted molar refractivity (Wildman–Crippen MR) is 154 cm³/mol. The number of hydrogen-bond acceptors (Lipinski definition) is 9. The van der Waals surface area contributed by atoms with Crippen molar-refractivity contribution in [3.8, 4) is 0 Å². The van der Waals surface area contributed by atoms with Crippen molar-refractivity contribution >= 4 is 30.3 Å². The number of hydrogen-bond donors (Lipinski definition) is 4. The number of rotatable bonds is 12. The zero-order valence-corrected chi connectivity index (χ0v) is 25.5. The van der Waals surface area contributed by atoms with Crippen LogP contribution in [0.25, 0.3) is 0 Å². The third-order valence-electron chi connectivity index (χ3n) is 4.38. The quantitative estimate of drug-likeness (QED) is 0.153. The topological polar surface area (TPSA) is 169 Å². The van der Waals surface area contributed by atoms with Crippen molar-refractivity contribution in [2.45, 2.75) is 126 Å². The molecule has 0 bridgehead atoms. The summed E-state index contributed by atoms with van der Waals surface area (Å²) in [6.45, 7) is 19.8. The zero-order valence-electron chi connectivity index (χ0n) is 25.5. The lowest BCUT2D eigenvalue weighted by molar-refractivity contribution is -0.144. The number of nitrogens with one attached hydrogen (secondary N) is 3. The predicted octanol–water partition coefficient (Wildman–Crippen LogP) is 3.73. The first-order valence-corrected chi connectivity index (χ1v) is 13.3. The van der Waals surface area contributed by atoms with E-state index in [-0.39, 0.29) is 26.5 Å². The summed E-state index contributed by atoms with van der Waals surface area (Å²) >= 11 is 0. The minimum Gasteiger partial charge on any atom is -0.465 e. The van der Waals surface area contributed by atoms with Crippen LogP contribution >= 0.6 is 0 Å². The van der Waals surface area contributed by atoms with E-state index in [2.05, 4.69) is 16.0 Å². The minimum absolute atomic E-state index is 0. The monoisotopic (exact) mass is 577 g/mol. The molecule has 236 valence electrons. The molecule has 12 nitrogen and oxygen atoms in total. The van der Waals surface area contributed by atoms with Gasteiger partial charge in [-0.25, -0.2) is 9.59 Å². The van der Waals surface area contributed by atoms with Crippen LogP contribution in [-0.4, -0.2) is 78.0 Å². The standard InChI is InChI=1S/C16H30N2O6.C11H21NO3.CH4/c1-7-23-12(19)9-17-14(21)13(20)11(8-10(2)3)18-15(22)24-16(4,5)6;1-8(2)6-9(7-13)12-10(14)15-11(3,4)5;/h10-11,13,20H,7-9H2,1-6H3,(H,17,21)(H,18,22);7-9H,6H2,1-5H3,(H,12,14);1H4. The second kappa shape index (κ2) is 20.1. The van der Waals surface area contributed by atoms with E-state index in [0.717, 1.165) is 6.29 Å². The van der Waals surface area contributed by atoms with Gasteiger partial charge in [0.05, 0.1) is 18.7 Å². The molecule has 0 aromatic rings. The fourth-order valence-electron chi connectivity index (χ4n) is 3.01. The average Bonchev–Trinajstić information content (AvgIpc) is 2.73. The molecule has 12 heteroatoms. The number of alkyl carbamates (subject to hydrolysis) is 2.